The van der Waals surface area contributed by atoms with Gasteiger partial charge in [-0.05, 0) is 36.1 Å². The largest absolute Gasteiger partial charge is 0.351 e. The first-order valence-corrected chi connectivity index (χ1v) is 6.42. The molecule has 1 aromatic carbocycles. The summed E-state index contributed by atoms with van der Waals surface area (Å²) in [6.07, 6.45) is 0. The Morgan fingerprint density at radius 2 is 2.29 bits per heavy atom. The van der Waals surface area contributed by atoms with Gasteiger partial charge in [-0.1, -0.05) is 12.1 Å². The van der Waals surface area contributed by atoms with Crippen LogP contribution in [0.5, 0.6) is 0 Å². The number of anilines is 1. The van der Waals surface area contributed by atoms with Gasteiger partial charge in [0.2, 0.25) is 5.95 Å². The summed E-state index contributed by atoms with van der Waals surface area (Å²) < 4.78 is 0. The van der Waals surface area contributed by atoms with Crippen LogP contribution in [0, 0.1) is 6.92 Å². The van der Waals surface area contributed by atoms with Crippen LogP contribution in [0.15, 0.2) is 35.7 Å². The zero-order valence-electron chi connectivity index (χ0n) is 9.53. The highest BCUT2D eigenvalue weighted by Gasteiger charge is 2.02. The third-order valence-electron chi connectivity index (χ3n) is 2.65. The van der Waals surface area contributed by atoms with Gasteiger partial charge in [-0.15, -0.1) is 11.3 Å². The maximum absolute atomic E-state index is 4.49. The predicted molar refractivity (Wildman–Crippen MR) is 72.5 cm³/mol. The second-order valence-corrected chi connectivity index (χ2v) is 5.07. The molecule has 17 heavy (non-hydrogen) atoms. The highest BCUT2D eigenvalue weighted by molar-refractivity contribution is 7.09. The third kappa shape index (κ3) is 2.17. The number of thiophene rings is 1. The lowest BCUT2D eigenvalue weighted by Gasteiger charge is -1.98. The molecule has 0 aliphatic rings. The lowest BCUT2D eigenvalue weighted by molar-refractivity contribution is 1.13. The van der Waals surface area contributed by atoms with Crippen LogP contribution < -0.4 is 5.32 Å². The number of imidazole rings is 1. The standard InChI is InChI=1S/C13H13N3S/c1-9-4-5-11-12(7-9)16-13(15-11)14-8-10-3-2-6-17-10/h2-7H,8H2,1H3,(H2,14,15,16). The molecule has 3 nitrogen and oxygen atoms in total. The van der Waals surface area contributed by atoms with Gasteiger partial charge in [-0.25, -0.2) is 4.98 Å². The Morgan fingerprint density at radius 1 is 1.35 bits per heavy atom. The molecule has 0 aliphatic carbocycles. The van der Waals surface area contributed by atoms with Gasteiger partial charge in [0.1, 0.15) is 0 Å². The second-order valence-electron chi connectivity index (χ2n) is 4.04. The number of rotatable bonds is 3. The van der Waals surface area contributed by atoms with Crippen molar-refractivity contribution in [3.8, 4) is 0 Å². The van der Waals surface area contributed by atoms with E-state index in [1.165, 1.54) is 10.4 Å². The summed E-state index contributed by atoms with van der Waals surface area (Å²) in [5.41, 5.74) is 3.33. The molecule has 0 saturated carbocycles. The fourth-order valence-electron chi connectivity index (χ4n) is 1.79. The Labute approximate surface area is 104 Å². The normalized spacial score (nSPS) is 10.9. The number of nitrogens with zero attached hydrogens (tertiary/aromatic N) is 1. The number of aromatic nitrogens is 2. The van der Waals surface area contributed by atoms with Gasteiger partial charge in [-0.2, -0.15) is 0 Å². The van der Waals surface area contributed by atoms with Gasteiger partial charge in [0.25, 0.3) is 0 Å². The molecule has 86 valence electrons. The number of nitrogens with one attached hydrogen (secondary N) is 2. The number of aryl methyl sites for hydroxylation is 1. The fraction of sp³-hybridized carbons (Fsp3) is 0.154. The van der Waals surface area contributed by atoms with Crippen molar-refractivity contribution < 1.29 is 0 Å². The monoisotopic (exact) mass is 243 g/mol. The molecule has 2 N–H and O–H groups in total. The van der Waals surface area contributed by atoms with E-state index in [4.69, 9.17) is 0 Å². The third-order valence-corrected chi connectivity index (χ3v) is 3.52. The van der Waals surface area contributed by atoms with E-state index >= 15 is 0 Å². The Morgan fingerprint density at radius 3 is 3.12 bits per heavy atom. The molecule has 0 amide bonds. The second kappa shape index (κ2) is 4.22. The molecule has 0 spiro atoms. The van der Waals surface area contributed by atoms with Crippen molar-refractivity contribution in [3.05, 3.63) is 46.2 Å². The first-order chi connectivity index (χ1) is 8.31. The molecule has 0 radical (unpaired) electrons. The van der Waals surface area contributed by atoms with Crippen molar-refractivity contribution in [1.82, 2.24) is 9.97 Å². The van der Waals surface area contributed by atoms with E-state index in [2.05, 4.69) is 51.9 Å². The van der Waals surface area contributed by atoms with Crippen molar-refractivity contribution in [1.29, 1.82) is 0 Å². The molecular formula is C13H13N3S. The predicted octanol–water partition coefficient (Wildman–Crippen LogP) is 3.54. The van der Waals surface area contributed by atoms with Crippen LogP contribution in [0.4, 0.5) is 5.95 Å². The summed E-state index contributed by atoms with van der Waals surface area (Å²) in [6.45, 7) is 2.90. The van der Waals surface area contributed by atoms with Crippen molar-refractivity contribution in [2.24, 2.45) is 0 Å². The van der Waals surface area contributed by atoms with E-state index in [0.29, 0.717) is 0 Å². The van der Waals surface area contributed by atoms with E-state index in [1.54, 1.807) is 11.3 Å². The number of hydrogen-bond acceptors (Lipinski definition) is 3. The van der Waals surface area contributed by atoms with Gasteiger partial charge < -0.3 is 10.3 Å². The lowest BCUT2D eigenvalue weighted by Crippen LogP contribution is -1.98. The van der Waals surface area contributed by atoms with Crippen molar-refractivity contribution in [2.45, 2.75) is 13.5 Å². The summed E-state index contributed by atoms with van der Waals surface area (Å²) in [7, 11) is 0. The van der Waals surface area contributed by atoms with Gasteiger partial charge in [-0.3, -0.25) is 0 Å². The first-order valence-electron chi connectivity index (χ1n) is 5.54. The van der Waals surface area contributed by atoms with E-state index in [-0.39, 0.29) is 0 Å². The van der Waals surface area contributed by atoms with Crippen molar-refractivity contribution >= 4 is 28.3 Å². The summed E-state index contributed by atoms with van der Waals surface area (Å²) in [4.78, 5) is 9.08. The molecule has 0 atom stereocenters. The Balaban J connectivity index is 1.81. The maximum Gasteiger partial charge on any atom is 0.201 e. The highest BCUT2D eigenvalue weighted by atomic mass is 32.1. The molecule has 0 saturated heterocycles. The average Bonchev–Trinajstić information content (AvgIpc) is 2.94. The maximum atomic E-state index is 4.49. The van der Waals surface area contributed by atoms with E-state index in [0.717, 1.165) is 23.5 Å². The number of fused-ring (bicyclic) bond motifs is 1. The molecule has 2 heterocycles. The molecule has 3 aromatic rings. The van der Waals surface area contributed by atoms with Gasteiger partial charge in [0.05, 0.1) is 17.6 Å². The summed E-state index contributed by atoms with van der Waals surface area (Å²) >= 11 is 1.75. The number of hydrogen-bond donors (Lipinski definition) is 2. The first kappa shape index (κ1) is 10.4. The molecular weight excluding hydrogens is 230 g/mol. The van der Waals surface area contributed by atoms with Crippen molar-refractivity contribution in [2.75, 3.05) is 5.32 Å². The number of H-pyrrole nitrogens is 1. The highest BCUT2D eigenvalue weighted by Crippen LogP contribution is 2.17. The minimum atomic E-state index is 0.816. The minimum absolute atomic E-state index is 0.816. The van der Waals surface area contributed by atoms with Crippen LogP contribution in [-0.4, -0.2) is 9.97 Å². The van der Waals surface area contributed by atoms with Gasteiger partial charge in [0, 0.05) is 4.88 Å². The summed E-state index contributed by atoms with van der Waals surface area (Å²) in [5, 5.41) is 5.38. The van der Waals surface area contributed by atoms with Crippen LogP contribution in [0.2, 0.25) is 0 Å². The van der Waals surface area contributed by atoms with Crippen LogP contribution in [0.25, 0.3) is 11.0 Å². The molecule has 2 aromatic heterocycles. The van der Waals surface area contributed by atoms with Crippen LogP contribution >= 0.6 is 11.3 Å². The molecule has 3 rings (SSSR count). The molecule has 4 heteroatoms. The van der Waals surface area contributed by atoms with Gasteiger partial charge >= 0.3 is 0 Å². The summed E-state index contributed by atoms with van der Waals surface area (Å²) in [6, 6.07) is 10.4. The Bertz CT molecular complexity index is 625. The summed E-state index contributed by atoms with van der Waals surface area (Å²) in [5.74, 6) is 0.832. The van der Waals surface area contributed by atoms with Crippen LogP contribution in [0.3, 0.4) is 0 Å². The average molecular weight is 243 g/mol. The van der Waals surface area contributed by atoms with Gasteiger partial charge in [0.15, 0.2) is 0 Å². The number of benzene rings is 1. The molecule has 0 bridgehead atoms. The Kier molecular flexibility index (Phi) is 2.57. The molecule has 0 fully saturated rings. The van der Waals surface area contributed by atoms with E-state index in [9.17, 15) is 0 Å². The zero-order chi connectivity index (χ0) is 11.7. The Hall–Kier alpha value is -1.81. The molecule has 0 unspecified atom stereocenters. The number of aromatic amines is 1. The molecule has 0 aliphatic heterocycles. The van der Waals surface area contributed by atoms with Crippen molar-refractivity contribution in [3.63, 3.8) is 0 Å². The fourth-order valence-corrected chi connectivity index (χ4v) is 2.44. The SMILES string of the molecule is Cc1ccc2nc(NCc3cccs3)[nH]c2c1. The lowest BCUT2D eigenvalue weighted by atomic mass is 10.2. The van der Waals surface area contributed by atoms with Crippen LogP contribution in [0.1, 0.15) is 10.4 Å². The topological polar surface area (TPSA) is 40.7 Å². The van der Waals surface area contributed by atoms with E-state index < -0.39 is 0 Å². The zero-order valence-corrected chi connectivity index (χ0v) is 10.3. The quantitative estimate of drug-likeness (QED) is 0.738. The van der Waals surface area contributed by atoms with E-state index in [1.807, 2.05) is 6.07 Å². The minimum Gasteiger partial charge on any atom is -0.351 e. The van der Waals surface area contributed by atoms with Crippen LogP contribution in [-0.2, 0) is 6.54 Å². The smallest absolute Gasteiger partial charge is 0.201 e.